The fourth-order valence-electron chi connectivity index (χ4n) is 2.58. The standard InChI is InChI=1S/C14H17N3O3S/c1-19-14(18)10-5-2-3-7-17(10)9-12-15-13(16-20-12)11-6-4-8-21-11/h4,6,8,10H,2-3,5,7,9H2,1H3/t10-/m1/s1. The van der Waals surface area contributed by atoms with Gasteiger partial charge in [0.1, 0.15) is 6.04 Å². The van der Waals surface area contributed by atoms with E-state index in [2.05, 4.69) is 15.0 Å². The molecule has 1 aliphatic rings. The Morgan fingerprint density at radius 2 is 2.48 bits per heavy atom. The number of ether oxygens (including phenoxy) is 1. The summed E-state index contributed by atoms with van der Waals surface area (Å²) < 4.78 is 10.2. The molecule has 1 atom stereocenters. The van der Waals surface area contributed by atoms with Gasteiger partial charge >= 0.3 is 5.97 Å². The minimum Gasteiger partial charge on any atom is -0.468 e. The van der Waals surface area contributed by atoms with Crippen molar-refractivity contribution in [3.8, 4) is 10.7 Å². The molecule has 3 rings (SSSR count). The summed E-state index contributed by atoms with van der Waals surface area (Å²) in [7, 11) is 1.43. The lowest BCUT2D eigenvalue weighted by Crippen LogP contribution is -2.44. The van der Waals surface area contributed by atoms with Crippen molar-refractivity contribution in [2.75, 3.05) is 13.7 Å². The number of carbonyl (C=O) groups is 1. The Balaban J connectivity index is 1.71. The van der Waals surface area contributed by atoms with Crippen LogP contribution in [0.2, 0.25) is 0 Å². The van der Waals surface area contributed by atoms with Crippen molar-refractivity contribution < 1.29 is 14.1 Å². The van der Waals surface area contributed by atoms with Gasteiger partial charge in [-0.3, -0.25) is 9.69 Å². The Labute approximate surface area is 126 Å². The number of likely N-dealkylation sites (tertiary alicyclic amines) is 1. The van der Waals surface area contributed by atoms with Crippen LogP contribution >= 0.6 is 11.3 Å². The zero-order chi connectivity index (χ0) is 14.7. The minimum absolute atomic E-state index is 0.187. The number of thiophene rings is 1. The normalized spacial score (nSPS) is 19.6. The first kappa shape index (κ1) is 14.2. The maximum absolute atomic E-state index is 11.8. The van der Waals surface area contributed by atoms with Crippen LogP contribution in [0.3, 0.4) is 0 Å². The molecule has 0 aromatic carbocycles. The van der Waals surface area contributed by atoms with Crippen molar-refractivity contribution in [1.29, 1.82) is 0 Å². The molecule has 2 aromatic rings. The van der Waals surface area contributed by atoms with E-state index in [4.69, 9.17) is 9.26 Å². The van der Waals surface area contributed by atoms with E-state index in [0.717, 1.165) is 30.7 Å². The third kappa shape index (κ3) is 3.14. The van der Waals surface area contributed by atoms with Crippen LogP contribution in [-0.4, -0.2) is 40.7 Å². The molecule has 7 heteroatoms. The molecule has 0 amide bonds. The summed E-state index contributed by atoms with van der Waals surface area (Å²) in [5.41, 5.74) is 0. The van der Waals surface area contributed by atoms with Crippen molar-refractivity contribution >= 4 is 17.3 Å². The zero-order valence-corrected chi connectivity index (χ0v) is 12.6. The quantitative estimate of drug-likeness (QED) is 0.808. The third-order valence-electron chi connectivity index (χ3n) is 3.63. The first-order chi connectivity index (χ1) is 10.3. The van der Waals surface area contributed by atoms with Crippen molar-refractivity contribution in [2.24, 2.45) is 0 Å². The lowest BCUT2D eigenvalue weighted by atomic mass is 10.0. The molecule has 3 heterocycles. The highest BCUT2D eigenvalue weighted by Crippen LogP contribution is 2.23. The monoisotopic (exact) mass is 307 g/mol. The fraction of sp³-hybridized carbons (Fsp3) is 0.500. The second-order valence-corrected chi connectivity index (χ2v) is 5.94. The van der Waals surface area contributed by atoms with Crippen molar-refractivity contribution in [3.05, 3.63) is 23.4 Å². The Hall–Kier alpha value is -1.73. The molecule has 112 valence electrons. The van der Waals surface area contributed by atoms with Gasteiger partial charge in [0.25, 0.3) is 0 Å². The topological polar surface area (TPSA) is 68.5 Å². The van der Waals surface area contributed by atoms with Gasteiger partial charge in [-0.05, 0) is 30.8 Å². The largest absolute Gasteiger partial charge is 0.468 e. The number of rotatable bonds is 4. The lowest BCUT2D eigenvalue weighted by Gasteiger charge is -2.32. The van der Waals surface area contributed by atoms with Crippen LogP contribution in [0.4, 0.5) is 0 Å². The van der Waals surface area contributed by atoms with Crippen LogP contribution in [0.1, 0.15) is 25.2 Å². The van der Waals surface area contributed by atoms with Gasteiger partial charge in [0.2, 0.25) is 11.7 Å². The minimum atomic E-state index is -0.208. The molecule has 2 aromatic heterocycles. The van der Waals surface area contributed by atoms with Crippen LogP contribution < -0.4 is 0 Å². The molecule has 0 saturated carbocycles. The molecule has 0 radical (unpaired) electrons. The molecular weight excluding hydrogens is 290 g/mol. The molecular formula is C14H17N3O3S. The van der Waals surface area contributed by atoms with Crippen LogP contribution in [0.25, 0.3) is 10.7 Å². The van der Waals surface area contributed by atoms with Gasteiger partial charge in [-0.25, -0.2) is 0 Å². The van der Waals surface area contributed by atoms with E-state index in [1.54, 1.807) is 11.3 Å². The van der Waals surface area contributed by atoms with Gasteiger partial charge in [0.05, 0.1) is 18.5 Å². The van der Waals surface area contributed by atoms with Crippen molar-refractivity contribution in [2.45, 2.75) is 31.8 Å². The number of aromatic nitrogens is 2. The maximum atomic E-state index is 11.8. The summed E-state index contributed by atoms with van der Waals surface area (Å²) in [4.78, 5) is 19.3. The molecule has 21 heavy (non-hydrogen) atoms. The average molecular weight is 307 g/mol. The molecule has 6 nitrogen and oxygen atoms in total. The molecule has 1 aliphatic heterocycles. The van der Waals surface area contributed by atoms with E-state index in [9.17, 15) is 4.79 Å². The van der Waals surface area contributed by atoms with Gasteiger partial charge in [-0.2, -0.15) is 4.98 Å². The average Bonchev–Trinajstić information content (AvgIpc) is 3.18. The van der Waals surface area contributed by atoms with E-state index in [0.29, 0.717) is 18.3 Å². The summed E-state index contributed by atoms with van der Waals surface area (Å²) in [6, 6.07) is 3.70. The first-order valence-corrected chi connectivity index (χ1v) is 7.84. The van der Waals surface area contributed by atoms with E-state index < -0.39 is 0 Å². The van der Waals surface area contributed by atoms with Crippen LogP contribution in [0.15, 0.2) is 22.0 Å². The Morgan fingerprint density at radius 1 is 1.57 bits per heavy atom. The highest BCUT2D eigenvalue weighted by molar-refractivity contribution is 7.13. The predicted octanol–water partition coefficient (Wildman–Crippen LogP) is 2.33. The van der Waals surface area contributed by atoms with Gasteiger partial charge < -0.3 is 9.26 Å². The molecule has 1 fully saturated rings. The Bertz CT molecular complexity index is 596. The van der Waals surface area contributed by atoms with Crippen molar-refractivity contribution in [1.82, 2.24) is 15.0 Å². The lowest BCUT2D eigenvalue weighted by molar-refractivity contribution is -0.148. The first-order valence-electron chi connectivity index (χ1n) is 6.96. The second kappa shape index (κ2) is 6.36. The van der Waals surface area contributed by atoms with E-state index in [-0.39, 0.29) is 12.0 Å². The number of nitrogens with zero attached hydrogens (tertiary/aromatic N) is 3. The number of esters is 1. The number of carbonyl (C=O) groups excluding carboxylic acids is 1. The number of piperidine rings is 1. The van der Waals surface area contributed by atoms with Crippen molar-refractivity contribution in [3.63, 3.8) is 0 Å². The van der Waals surface area contributed by atoms with Crippen LogP contribution in [-0.2, 0) is 16.1 Å². The number of hydrogen-bond acceptors (Lipinski definition) is 7. The van der Waals surface area contributed by atoms with E-state index >= 15 is 0 Å². The molecule has 0 N–H and O–H groups in total. The van der Waals surface area contributed by atoms with Gasteiger partial charge in [0.15, 0.2) is 0 Å². The van der Waals surface area contributed by atoms with Gasteiger partial charge in [-0.15, -0.1) is 11.3 Å². The third-order valence-corrected chi connectivity index (χ3v) is 4.50. The summed E-state index contributed by atoms with van der Waals surface area (Å²) in [6.45, 7) is 1.33. The molecule has 0 bridgehead atoms. The van der Waals surface area contributed by atoms with Crippen LogP contribution in [0.5, 0.6) is 0 Å². The SMILES string of the molecule is COC(=O)[C@H]1CCCCN1Cc1nc(-c2cccs2)no1. The fourth-order valence-corrected chi connectivity index (χ4v) is 3.23. The zero-order valence-electron chi connectivity index (χ0n) is 11.8. The van der Waals surface area contributed by atoms with Gasteiger partial charge in [-0.1, -0.05) is 17.6 Å². The molecule has 0 unspecified atom stereocenters. The molecule has 0 aliphatic carbocycles. The highest BCUT2D eigenvalue weighted by atomic mass is 32.1. The van der Waals surface area contributed by atoms with Crippen LogP contribution in [0, 0.1) is 0 Å². The van der Waals surface area contributed by atoms with E-state index in [1.807, 2.05) is 17.5 Å². The number of hydrogen-bond donors (Lipinski definition) is 0. The molecule has 1 saturated heterocycles. The summed E-state index contributed by atoms with van der Waals surface area (Å²) in [6.07, 6.45) is 2.93. The Morgan fingerprint density at radius 3 is 3.24 bits per heavy atom. The second-order valence-electron chi connectivity index (χ2n) is 4.99. The molecule has 0 spiro atoms. The Kier molecular flexibility index (Phi) is 4.31. The van der Waals surface area contributed by atoms with Gasteiger partial charge in [0, 0.05) is 0 Å². The smallest absolute Gasteiger partial charge is 0.323 e. The summed E-state index contributed by atoms with van der Waals surface area (Å²) in [5, 5.41) is 5.97. The summed E-state index contributed by atoms with van der Waals surface area (Å²) in [5.74, 6) is 0.952. The number of methoxy groups -OCH3 is 1. The summed E-state index contributed by atoms with van der Waals surface area (Å²) >= 11 is 1.57. The van der Waals surface area contributed by atoms with E-state index in [1.165, 1.54) is 7.11 Å². The maximum Gasteiger partial charge on any atom is 0.323 e. The highest BCUT2D eigenvalue weighted by Gasteiger charge is 2.30. The predicted molar refractivity (Wildman–Crippen MR) is 77.7 cm³/mol.